The van der Waals surface area contributed by atoms with Gasteiger partial charge in [0.1, 0.15) is 11.9 Å². The van der Waals surface area contributed by atoms with Gasteiger partial charge in [-0.25, -0.2) is 4.79 Å². The zero-order chi connectivity index (χ0) is 18.4. The van der Waals surface area contributed by atoms with Crippen LogP contribution in [-0.4, -0.2) is 17.0 Å². The van der Waals surface area contributed by atoms with Crippen molar-refractivity contribution in [2.24, 2.45) is 0 Å². The molecule has 25 heavy (non-hydrogen) atoms. The van der Waals surface area contributed by atoms with Gasteiger partial charge in [-0.3, -0.25) is 10.1 Å². The van der Waals surface area contributed by atoms with Gasteiger partial charge >= 0.3 is 5.97 Å². The topological polar surface area (TPSA) is 102 Å². The molecule has 0 aromatic heterocycles. The molecule has 0 unspecified atom stereocenters. The lowest BCUT2D eigenvalue weighted by molar-refractivity contribution is -0.385. The summed E-state index contributed by atoms with van der Waals surface area (Å²) in [6, 6.07) is 14.3. The van der Waals surface area contributed by atoms with Crippen LogP contribution in [0.1, 0.15) is 31.1 Å². The molecule has 0 radical (unpaired) electrons. The fourth-order valence-electron chi connectivity index (χ4n) is 2.09. The molecule has 2 rings (SSSR count). The van der Waals surface area contributed by atoms with Gasteiger partial charge in [-0.05, 0) is 43.7 Å². The Kier molecular flexibility index (Phi) is 5.69. The van der Waals surface area contributed by atoms with Crippen molar-refractivity contribution in [1.82, 2.24) is 0 Å². The summed E-state index contributed by atoms with van der Waals surface area (Å²) >= 11 is 0. The van der Waals surface area contributed by atoms with E-state index in [1.54, 1.807) is 44.2 Å². The van der Waals surface area contributed by atoms with Crippen molar-refractivity contribution in [3.05, 3.63) is 69.8 Å². The van der Waals surface area contributed by atoms with Gasteiger partial charge in [0.25, 0.3) is 5.69 Å². The third kappa shape index (κ3) is 4.78. The number of nitriles is 1. The van der Waals surface area contributed by atoms with E-state index in [4.69, 9.17) is 14.7 Å². The summed E-state index contributed by atoms with van der Waals surface area (Å²) < 4.78 is 10.8. The molecule has 0 amide bonds. The van der Waals surface area contributed by atoms with Gasteiger partial charge < -0.3 is 9.47 Å². The first-order valence-electron chi connectivity index (χ1n) is 7.52. The number of esters is 1. The second-order valence-corrected chi connectivity index (χ2v) is 5.33. The maximum atomic E-state index is 12.1. The van der Waals surface area contributed by atoms with Gasteiger partial charge in [0.2, 0.25) is 0 Å². The SMILES string of the molecule is C[C@@H](Oc1ccc(C#N)cc1)C(=O)O[C@H](C)c1cccc([N+](=O)[O-])c1. The maximum Gasteiger partial charge on any atom is 0.347 e. The molecule has 0 fully saturated rings. The van der Waals surface area contributed by atoms with Crippen LogP contribution in [0.4, 0.5) is 5.69 Å². The summed E-state index contributed by atoms with van der Waals surface area (Å²) in [6.07, 6.45) is -1.52. The number of nitro benzene ring substituents is 1. The molecule has 0 spiro atoms. The number of hydrogen-bond acceptors (Lipinski definition) is 6. The Morgan fingerprint density at radius 1 is 1.20 bits per heavy atom. The van der Waals surface area contributed by atoms with E-state index < -0.39 is 23.1 Å². The number of carbonyl (C=O) groups excluding carboxylic acids is 1. The summed E-state index contributed by atoms with van der Waals surface area (Å²) in [5.74, 6) is -0.158. The van der Waals surface area contributed by atoms with E-state index in [1.165, 1.54) is 18.2 Å². The monoisotopic (exact) mass is 340 g/mol. The van der Waals surface area contributed by atoms with Gasteiger partial charge in [-0.2, -0.15) is 5.26 Å². The predicted molar refractivity (Wildman–Crippen MR) is 88.9 cm³/mol. The minimum absolute atomic E-state index is 0.0673. The third-order valence-electron chi connectivity index (χ3n) is 3.47. The molecule has 2 aromatic carbocycles. The highest BCUT2D eigenvalue weighted by Crippen LogP contribution is 2.23. The van der Waals surface area contributed by atoms with E-state index in [1.807, 2.05) is 6.07 Å². The number of hydrogen-bond donors (Lipinski definition) is 0. The van der Waals surface area contributed by atoms with E-state index >= 15 is 0 Å². The molecule has 2 aromatic rings. The molecule has 0 aliphatic heterocycles. The van der Waals surface area contributed by atoms with Gasteiger partial charge in [-0.15, -0.1) is 0 Å². The first-order chi connectivity index (χ1) is 11.9. The Morgan fingerprint density at radius 2 is 1.88 bits per heavy atom. The molecular formula is C18H16N2O5. The molecule has 7 nitrogen and oxygen atoms in total. The molecular weight excluding hydrogens is 324 g/mol. The van der Waals surface area contributed by atoms with Crippen molar-refractivity contribution in [2.75, 3.05) is 0 Å². The second kappa shape index (κ2) is 7.93. The molecule has 0 heterocycles. The van der Waals surface area contributed by atoms with Gasteiger partial charge in [0.05, 0.1) is 16.6 Å². The fourth-order valence-corrected chi connectivity index (χ4v) is 2.09. The predicted octanol–water partition coefficient (Wildman–Crippen LogP) is 3.54. The van der Waals surface area contributed by atoms with E-state index in [2.05, 4.69) is 0 Å². The number of nitro groups is 1. The molecule has 7 heteroatoms. The van der Waals surface area contributed by atoms with Crippen molar-refractivity contribution < 1.29 is 19.2 Å². The van der Waals surface area contributed by atoms with Crippen molar-refractivity contribution in [1.29, 1.82) is 5.26 Å². The highest BCUT2D eigenvalue weighted by atomic mass is 16.6. The van der Waals surface area contributed by atoms with E-state index in [0.717, 1.165) is 0 Å². The number of non-ortho nitro benzene ring substituents is 1. The first-order valence-corrected chi connectivity index (χ1v) is 7.52. The van der Waals surface area contributed by atoms with Gasteiger partial charge in [0, 0.05) is 12.1 Å². The molecule has 0 saturated carbocycles. The van der Waals surface area contributed by atoms with Crippen LogP contribution in [0, 0.1) is 21.4 Å². The fraction of sp³-hybridized carbons (Fsp3) is 0.222. The summed E-state index contributed by atoms with van der Waals surface area (Å²) in [5.41, 5.74) is 0.942. The normalized spacial score (nSPS) is 12.5. The van der Waals surface area contributed by atoms with Crippen LogP contribution >= 0.6 is 0 Å². The largest absolute Gasteiger partial charge is 0.479 e. The van der Waals surface area contributed by atoms with Crippen LogP contribution < -0.4 is 4.74 Å². The van der Waals surface area contributed by atoms with Crippen LogP contribution in [0.3, 0.4) is 0 Å². The molecule has 128 valence electrons. The lowest BCUT2D eigenvalue weighted by atomic mass is 10.1. The molecule has 0 aliphatic rings. The average Bonchev–Trinajstić information content (AvgIpc) is 2.62. The maximum absolute atomic E-state index is 12.1. The quantitative estimate of drug-likeness (QED) is 0.453. The molecule has 2 atom stereocenters. The number of nitrogens with zero attached hydrogens (tertiary/aromatic N) is 2. The van der Waals surface area contributed by atoms with Crippen LogP contribution in [0.15, 0.2) is 48.5 Å². The Labute approximate surface area is 144 Å². The molecule has 0 aliphatic carbocycles. The van der Waals surface area contributed by atoms with Crippen molar-refractivity contribution >= 4 is 11.7 Å². The Bertz CT molecular complexity index is 811. The second-order valence-electron chi connectivity index (χ2n) is 5.33. The molecule has 0 saturated heterocycles. The highest BCUT2D eigenvalue weighted by Gasteiger charge is 2.21. The van der Waals surface area contributed by atoms with Crippen LogP contribution in [0.2, 0.25) is 0 Å². The van der Waals surface area contributed by atoms with Crippen LogP contribution in [0.5, 0.6) is 5.75 Å². The number of ether oxygens (including phenoxy) is 2. The average molecular weight is 340 g/mol. The van der Waals surface area contributed by atoms with E-state index in [0.29, 0.717) is 16.9 Å². The third-order valence-corrected chi connectivity index (χ3v) is 3.47. The van der Waals surface area contributed by atoms with Crippen molar-refractivity contribution in [2.45, 2.75) is 26.1 Å². The Morgan fingerprint density at radius 3 is 2.48 bits per heavy atom. The lowest BCUT2D eigenvalue weighted by Gasteiger charge is -2.18. The van der Waals surface area contributed by atoms with E-state index in [-0.39, 0.29) is 5.69 Å². The summed E-state index contributed by atoms with van der Waals surface area (Å²) in [4.78, 5) is 22.4. The summed E-state index contributed by atoms with van der Waals surface area (Å²) in [5, 5.41) is 19.6. The van der Waals surface area contributed by atoms with Crippen LogP contribution in [-0.2, 0) is 9.53 Å². The van der Waals surface area contributed by atoms with Gasteiger partial charge in [-0.1, -0.05) is 12.1 Å². The lowest BCUT2D eigenvalue weighted by Crippen LogP contribution is -2.27. The highest BCUT2D eigenvalue weighted by molar-refractivity contribution is 5.75. The van der Waals surface area contributed by atoms with Crippen molar-refractivity contribution in [3.8, 4) is 11.8 Å². The first kappa shape index (κ1) is 17.9. The minimum Gasteiger partial charge on any atom is -0.479 e. The van der Waals surface area contributed by atoms with Gasteiger partial charge in [0.15, 0.2) is 6.10 Å². The Balaban J connectivity index is 1.99. The Hall–Kier alpha value is -3.40. The van der Waals surface area contributed by atoms with Crippen molar-refractivity contribution in [3.63, 3.8) is 0 Å². The minimum atomic E-state index is -0.867. The molecule has 0 bridgehead atoms. The van der Waals surface area contributed by atoms with E-state index in [9.17, 15) is 14.9 Å². The zero-order valence-corrected chi connectivity index (χ0v) is 13.7. The number of benzene rings is 2. The smallest absolute Gasteiger partial charge is 0.347 e. The number of rotatable bonds is 6. The zero-order valence-electron chi connectivity index (χ0n) is 13.7. The standard InChI is InChI=1S/C18H16N2O5/c1-12(15-4-3-5-16(10-15)20(22)23)25-18(21)13(2)24-17-8-6-14(11-19)7-9-17/h3-10,12-13H,1-2H3/t12-,13-/m1/s1. The number of carbonyl (C=O) groups is 1. The van der Waals surface area contributed by atoms with Crippen LogP contribution in [0.25, 0.3) is 0 Å². The summed E-state index contributed by atoms with van der Waals surface area (Å²) in [6.45, 7) is 3.17. The summed E-state index contributed by atoms with van der Waals surface area (Å²) in [7, 11) is 0. The molecule has 0 N–H and O–H groups in total.